The molecule has 0 fully saturated rings. The van der Waals surface area contributed by atoms with Gasteiger partial charge in [-0.05, 0) is 31.0 Å². The maximum atomic E-state index is 7.54. The zero-order chi connectivity index (χ0) is 14.5. The zero-order valence-corrected chi connectivity index (χ0v) is 11.9. The largest absolute Gasteiger partial charge is 0.384 e. The van der Waals surface area contributed by atoms with Crippen LogP contribution in [0.5, 0.6) is 0 Å². The summed E-state index contributed by atoms with van der Waals surface area (Å²) in [6, 6.07) is 14.1. The molecule has 20 heavy (non-hydrogen) atoms. The van der Waals surface area contributed by atoms with E-state index in [0.717, 1.165) is 30.0 Å². The van der Waals surface area contributed by atoms with Crippen molar-refractivity contribution >= 4 is 11.7 Å². The number of nitrogens with two attached hydrogens (primary N) is 1. The number of hydrogen-bond acceptors (Lipinski definition) is 3. The van der Waals surface area contributed by atoms with Crippen LogP contribution in [0.2, 0.25) is 0 Å². The van der Waals surface area contributed by atoms with E-state index in [0.29, 0.717) is 0 Å². The van der Waals surface area contributed by atoms with Crippen molar-refractivity contribution in [1.29, 1.82) is 5.41 Å². The van der Waals surface area contributed by atoms with Crippen LogP contribution in [0.25, 0.3) is 0 Å². The van der Waals surface area contributed by atoms with Crippen molar-refractivity contribution in [1.82, 2.24) is 4.98 Å². The van der Waals surface area contributed by atoms with E-state index in [9.17, 15) is 0 Å². The lowest BCUT2D eigenvalue weighted by molar-refractivity contribution is 0.856. The van der Waals surface area contributed by atoms with Gasteiger partial charge in [0, 0.05) is 24.8 Å². The number of aryl methyl sites for hydroxylation is 1. The molecule has 0 saturated carbocycles. The second-order valence-electron chi connectivity index (χ2n) is 4.93. The number of aromatic nitrogens is 1. The second kappa shape index (κ2) is 6.19. The summed E-state index contributed by atoms with van der Waals surface area (Å²) in [7, 11) is 2.01. The summed E-state index contributed by atoms with van der Waals surface area (Å²) in [5, 5.41) is 7.54. The molecule has 0 atom stereocenters. The third kappa shape index (κ3) is 3.57. The summed E-state index contributed by atoms with van der Waals surface area (Å²) < 4.78 is 0. The van der Waals surface area contributed by atoms with Gasteiger partial charge in [0.05, 0.1) is 0 Å². The molecule has 4 nitrogen and oxygen atoms in total. The molecule has 0 bridgehead atoms. The van der Waals surface area contributed by atoms with Gasteiger partial charge in [-0.1, -0.05) is 30.3 Å². The Balaban J connectivity index is 2.09. The minimum absolute atomic E-state index is 0.0770. The molecule has 104 valence electrons. The molecule has 0 spiro atoms. The van der Waals surface area contributed by atoms with E-state index < -0.39 is 0 Å². The monoisotopic (exact) mass is 268 g/mol. The second-order valence-corrected chi connectivity index (χ2v) is 4.93. The predicted molar refractivity (Wildman–Crippen MR) is 83.4 cm³/mol. The molecule has 0 amide bonds. The number of nitrogen functional groups attached to an aromatic ring is 1. The fourth-order valence-electron chi connectivity index (χ4n) is 2.06. The first-order valence-electron chi connectivity index (χ1n) is 6.64. The Morgan fingerprint density at radius 3 is 2.60 bits per heavy atom. The molecule has 0 aliphatic rings. The molecule has 0 unspecified atom stereocenters. The van der Waals surface area contributed by atoms with Gasteiger partial charge < -0.3 is 10.6 Å². The molecule has 2 aromatic rings. The van der Waals surface area contributed by atoms with Gasteiger partial charge in [-0.25, -0.2) is 4.98 Å². The maximum absolute atomic E-state index is 7.54. The van der Waals surface area contributed by atoms with Crippen molar-refractivity contribution in [3.63, 3.8) is 0 Å². The molecule has 1 heterocycles. The molecular formula is C16H20N4. The Kier molecular flexibility index (Phi) is 4.35. The molecule has 0 radical (unpaired) electrons. The number of rotatable bonds is 5. The Hall–Kier alpha value is -2.36. The van der Waals surface area contributed by atoms with Gasteiger partial charge in [0.15, 0.2) is 0 Å². The summed E-state index contributed by atoms with van der Waals surface area (Å²) in [6.07, 6.45) is 0.961. The van der Waals surface area contributed by atoms with Crippen molar-refractivity contribution in [3.05, 3.63) is 59.3 Å². The van der Waals surface area contributed by atoms with Gasteiger partial charge in [0.1, 0.15) is 11.7 Å². The van der Waals surface area contributed by atoms with E-state index >= 15 is 0 Å². The highest BCUT2D eigenvalue weighted by atomic mass is 15.2. The van der Waals surface area contributed by atoms with Crippen molar-refractivity contribution < 1.29 is 0 Å². The third-order valence-electron chi connectivity index (χ3n) is 3.22. The van der Waals surface area contributed by atoms with Gasteiger partial charge in [-0.3, -0.25) is 5.41 Å². The molecule has 0 saturated heterocycles. The first-order valence-corrected chi connectivity index (χ1v) is 6.64. The predicted octanol–water partition coefficient (Wildman–Crippen LogP) is 2.35. The fraction of sp³-hybridized carbons (Fsp3) is 0.250. The Labute approximate surface area is 119 Å². The molecule has 0 aliphatic heterocycles. The van der Waals surface area contributed by atoms with Crippen LogP contribution in [-0.2, 0) is 6.42 Å². The lowest BCUT2D eigenvalue weighted by Gasteiger charge is -2.19. The first kappa shape index (κ1) is 14.1. The van der Waals surface area contributed by atoms with Crippen LogP contribution in [0.3, 0.4) is 0 Å². The van der Waals surface area contributed by atoms with Crippen molar-refractivity contribution in [2.75, 3.05) is 18.5 Å². The van der Waals surface area contributed by atoms with E-state index in [4.69, 9.17) is 11.1 Å². The lowest BCUT2D eigenvalue weighted by atomic mass is 10.1. The van der Waals surface area contributed by atoms with Crippen LogP contribution in [0, 0.1) is 12.3 Å². The summed E-state index contributed by atoms with van der Waals surface area (Å²) in [5.74, 6) is 0.930. The SMILES string of the molecule is Cc1cc(C(=N)N)cc(N(C)CCc2ccccc2)n1. The van der Waals surface area contributed by atoms with E-state index in [-0.39, 0.29) is 5.84 Å². The van der Waals surface area contributed by atoms with Crippen molar-refractivity contribution in [2.45, 2.75) is 13.3 Å². The molecule has 0 aliphatic carbocycles. The maximum Gasteiger partial charge on any atom is 0.129 e. The minimum Gasteiger partial charge on any atom is -0.384 e. The number of pyridine rings is 1. The van der Waals surface area contributed by atoms with Crippen LogP contribution in [0.15, 0.2) is 42.5 Å². The van der Waals surface area contributed by atoms with Crippen molar-refractivity contribution in [2.24, 2.45) is 5.73 Å². The fourth-order valence-corrected chi connectivity index (χ4v) is 2.06. The van der Waals surface area contributed by atoms with Gasteiger partial charge in [0.2, 0.25) is 0 Å². The Bertz CT molecular complexity index is 593. The average Bonchev–Trinajstić information content (AvgIpc) is 2.45. The van der Waals surface area contributed by atoms with Gasteiger partial charge in [0.25, 0.3) is 0 Å². The Morgan fingerprint density at radius 1 is 1.25 bits per heavy atom. The Morgan fingerprint density at radius 2 is 1.95 bits per heavy atom. The number of amidine groups is 1. The summed E-state index contributed by atoms with van der Waals surface area (Å²) in [4.78, 5) is 6.59. The van der Waals surface area contributed by atoms with Crippen LogP contribution < -0.4 is 10.6 Å². The molecule has 1 aromatic heterocycles. The molecule has 2 rings (SSSR count). The molecule has 1 aromatic carbocycles. The van der Waals surface area contributed by atoms with E-state index in [1.807, 2.05) is 44.3 Å². The number of likely N-dealkylation sites (N-methyl/N-ethyl adjacent to an activating group) is 1. The summed E-state index contributed by atoms with van der Waals surface area (Å²) in [5.41, 5.74) is 8.45. The van der Waals surface area contributed by atoms with Crippen LogP contribution in [-0.4, -0.2) is 24.4 Å². The van der Waals surface area contributed by atoms with Gasteiger partial charge in [-0.2, -0.15) is 0 Å². The highest BCUT2D eigenvalue weighted by Crippen LogP contribution is 2.14. The number of hydrogen-bond donors (Lipinski definition) is 2. The van der Waals surface area contributed by atoms with Crippen LogP contribution in [0.1, 0.15) is 16.8 Å². The van der Waals surface area contributed by atoms with Crippen LogP contribution >= 0.6 is 0 Å². The number of nitrogens with one attached hydrogen (secondary N) is 1. The third-order valence-corrected chi connectivity index (χ3v) is 3.22. The van der Waals surface area contributed by atoms with Crippen molar-refractivity contribution in [3.8, 4) is 0 Å². The van der Waals surface area contributed by atoms with Gasteiger partial charge >= 0.3 is 0 Å². The van der Waals surface area contributed by atoms with E-state index in [1.54, 1.807) is 0 Å². The van der Waals surface area contributed by atoms with Gasteiger partial charge in [-0.15, -0.1) is 0 Å². The number of benzene rings is 1. The highest BCUT2D eigenvalue weighted by molar-refractivity contribution is 5.95. The van der Waals surface area contributed by atoms with Crippen LogP contribution in [0.4, 0.5) is 5.82 Å². The van der Waals surface area contributed by atoms with E-state index in [2.05, 4.69) is 22.0 Å². The molecule has 4 heteroatoms. The normalized spacial score (nSPS) is 10.3. The average molecular weight is 268 g/mol. The molecular weight excluding hydrogens is 248 g/mol. The highest BCUT2D eigenvalue weighted by Gasteiger charge is 2.07. The quantitative estimate of drug-likeness (QED) is 0.646. The summed E-state index contributed by atoms with van der Waals surface area (Å²) in [6.45, 7) is 2.79. The summed E-state index contributed by atoms with van der Waals surface area (Å²) >= 11 is 0. The van der Waals surface area contributed by atoms with E-state index in [1.165, 1.54) is 5.56 Å². The zero-order valence-electron chi connectivity index (χ0n) is 11.9. The minimum atomic E-state index is 0.0770. The topological polar surface area (TPSA) is 66.0 Å². The smallest absolute Gasteiger partial charge is 0.129 e. The molecule has 3 N–H and O–H groups in total. The number of nitrogens with zero attached hydrogens (tertiary/aromatic N) is 2. The standard InChI is InChI=1S/C16H20N4/c1-12-10-14(16(17)18)11-15(19-12)20(2)9-8-13-6-4-3-5-7-13/h3-7,10-11H,8-9H2,1-2H3,(H3,17,18). The first-order chi connectivity index (χ1) is 9.56. The number of anilines is 1. The lowest BCUT2D eigenvalue weighted by Crippen LogP contribution is -2.22.